The second-order valence-corrected chi connectivity index (χ2v) is 5.08. The van der Waals surface area contributed by atoms with E-state index in [4.69, 9.17) is 4.84 Å². The van der Waals surface area contributed by atoms with Gasteiger partial charge in [-0.05, 0) is 30.7 Å². The highest BCUT2D eigenvalue weighted by Crippen LogP contribution is 2.16. The topological polar surface area (TPSA) is 29.5 Å². The van der Waals surface area contributed by atoms with E-state index in [1.807, 2.05) is 35.4 Å². The normalized spacial score (nSPS) is 20.6. The van der Waals surface area contributed by atoms with Gasteiger partial charge < -0.3 is 4.84 Å². The van der Waals surface area contributed by atoms with E-state index in [-0.39, 0.29) is 5.97 Å². The van der Waals surface area contributed by atoms with Crippen molar-refractivity contribution in [3.63, 3.8) is 0 Å². The lowest BCUT2D eigenvalue weighted by Crippen LogP contribution is -2.36. The van der Waals surface area contributed by atoms with Gasteiger partial charge in [0.25, 0.3) is 0 Å². The molecule has 1 aromatic carbocycles. The smallest absolute Gasteiger partial charge is 0.325 e. The van der Waals surface area contributed by atoms with Gasteiger partial charge in [-0.15, -0.1) is 5.06 Å². The molecule has 2 rings (SSSR count). The predicted octanol–water partition coefficient (Wildman–Crippen LogP) is 2.81. The first kappa shape index (κ1) is 13.1. The molecule has 0 saturated carbocycles. The molecule has 0 bridgehead atoms. The van der Waals surface area contributed by atoms with Crippen LogP contribution in [0.3, 0.4) is 0 Å². The van der Waals surface area contributed by atoms with E-state index in [2.05, 4.69) is 6.92 Å². The summed E-state index contributed by atoms with van der Waals surface area (Å²) in [5, 5.41) is 1.82. The zero-order valence-electron chi connectivity index (χ0n) is 11.0. The van der Waals surface area contributed by atoms with E-state index in [1.54, 1.807) is 0 Å². The Kier molecular flexibility index (Phi) is 4.76. The standard InChI is InChI=1S/C15H21NO2/c1-13-6-5-11-16(12-13)18-15(17)10-9-14-7-3-2-4-8-14/h2-4,7-8,13H,5-6,9-12H2,1H3. The first-order valence-electron chi connectivity index (χ1n) is 6.73. The minimum absolute atomic E-state index is 0.118. The average Bonchev–Trinajstić information content (AvgIpc) is 2.38. The molecule has 1 aliphatic heterocycles. The minimum Gasteiger partial charge on any atom is -0.368 e. The van der Waals surface area contributed by atoms with Gasteiger partial charge in [0.1, 0.15) is 0 Å². The van der Waals surface area contributed by atoms with E-state index < -0.39 is 0 Å². The molecule has 1 heterocycles. The van der Waals surface area contributed by atoms with Gasteiger partial charge in [-0.3, -0.25) is 4.79 Å². The Morgan fingerprint density at radius 3 is 2.89 bits per heavy atom. The Morgan fingerprint density at radius 2 is 2.17 bits per heavy atom. The monoisotopic (exact) mass is 247 g/mol. The zero-order chi connectivity index (χ0) is 12.8. The summed E-state index contributed by atoms with van der Waals surface area (Å²) in [5.41, 5.74) is 1.18. The summed E-state index contributed by atoms with van der Waals surface area (Å²) in [7, 11) is 0. The van der Waals surface area contributed by atoms with Crippen molar-refractivity contribution in [2.24, 2.45) is 5.92 Å². The Hall–Kier alpha value is -1.35. The molecule has 0 radical (unpaired) electrons. The number of hydrogen-bond donors (Lipinski definition) is 0. The molecule has 1 unspecified atom stereocenters. The molecule has 0 aliphatic carbocycles. The molecule has 1 saturated heterocycles. The maximum absolute atomic E-state index is 11.7. The molecule has 1 fully saturated rings. The van der Waals surface area contributed by atoms with Crippen LogP contribution in [-0.2, 0) is 16.1 Å². The van der Waals surface area contributed by atoms with Crippen molar-refractivity contribution in [1.29, 1.82) is 0 Å². The van der Waals surface area contributed by atoms with E-state index in [0.717, 1.165) is 25.9 Å². The highest BCUT2D eigenvalue weighted by Gasteiger charge is 2.19. The van der Waals surface area contributed by atoms with Crippen LogP contribution in [0.4, 0.5) is 0 Å². The number of carbonyl (C=O) groups excluding carboxylic acids is 1. The molecule has 98 valence electrons. The lowest BCUT2D eigenvalue weighted by molar-refractivity contribution is -0.197. The Bertz CT molecular complexity index is 377. The number of benzene rings is 1. The highest BCUT2D eigenvalue weighted by atomic mass is 16.7. The molecule has 3 nitrogen and oxygen atoms in total. The molecule has 0 amide bonds. The van der Waals surface area contributed by atoms with Crippen LogP contribution in [0.5, 0.6) is 0 Å². The molecule has 1 aromatic rings. The number of aryl methyl sites for hydroxylation is 1. The van der Waals surface area contributed by atoms with Gasteiger partial charge in [0.15, 0.2) is 0 Å². The summed E-state index contributed by atoms with van der Waals surface area (Å²) in [6.45, 7) is 3.95. The van der Waals surface area contributed by atoms with Crippen LogP contribution in [0, 0.1) is 5.92 Å². The van der Waals surface area contributed by atoms with Gasteiger partial charge >= 0.3 is 5.97 Å². The Labute approximate surface area is 109 Å². The van der Waals surface area contributed by atoms with Crippen LogP contribution in [0.2, 0.25) is 0 Å². The molecule has 0 aromatic heterocycles. The summed E-state index contributed by atoms with van der Waals surface area (Å²) in [4.78, 5) is 17.1. The summed E-state index contributed by atoms with van der Waals surface area (Å²) >= 11 is 0. The van der Waals surface area contributed by atoms with Gasteiger partial charge in [-0.2, -0.15) is 0 Å². The van der Waals surface area contributed by atoms with Crippen molar-refractivity contribution in [2.45, 2.75) is 32.6 Å². The van der Waals surface area contributed by atoms with Crippen LogP contribution in [0.1, 0.15) is 31.7 Å². The molecular weight excluding hydrogens is 226 g/mol. The Balaban J connectivity index is 1.72. The molecule has 18 heavy (non-hydrogen) atoms. The van der Waals surface area contributed by atoms with Crippen molar-refractivity contribution in [1.82, 2.24) is 5.06 Å². The van der Waals surface area contributed by atoms with Gasteiger partial charge in [0.2, 0.25) is 0 Å². The van der Waals surface area contributed by atoms with Gasteiger partial charge in [0.05, 0.1) is 6.42 Å². The summed E-state index contributed by atoms with van der Waals surface area (Å²) in [6, 6.07) is 10.0. The van der Waals surface area contributed by atoms with Crippen molar-refractivity contribution in [3.8, 4) is 0 Å². The number of rotatable bonds is 4. The summed E-state index contributed by atoms with van der Waals surface area (Å²) in [5.74, 6) is 0.508. The van der Waals surface area contributed by atoms with Crippen LogP contribution in [0.25, 0.3) is 0 Å². The van der Waals surface area contributed by atoms with Gasteiger partial charge in [-0.25, -0.2) is 0 Å². The van der Waals surface area contributed by atoms with Crippen LogP contribution >= 0.6 is 0 Å². The third kappa shape index (κ3) is 4.15. The van der Waals surface area contributed by atoms with Crippen LogP contribution in [-0.4, -0.2) is 24.1 Å². The number of nitrogens with zero attached hydrogens (tertiary/aromatic N) is 1. The molecule has 1 atom stereocenters. The predicted molar refractivity (Wildman–Crippen MR) is 70.8 cm³/mol. The SMILES string of the molecule is CC1CCCN(OC(=O)CCc2ccccc2)C1. The van der Waals surface area contributed by atoms with E-state index in [1.165, 1.54) is 12.0 Å². The molecule has 1 aliphatic rings. The van der Waals surface area contributed by atoms with E-state index in [9.17, 15) is 4.79 Å². The molecule has 0 N–H and O–H groups in total. The second kappa shape index (κ2) is 6.55. The lowest BCUT2D eigenvalue weighted by atomic mass is 10.0. The van der Waals surface area contributed by atoms with Crippen molar-refractivity contribution in [3.05, 3.63) is 35.9 Å². The second-order valence-electron chi connectivity index (χ2n) is 5.08. The van der Waals surface area contributed by atoms with Crippen molar-refractivity contribution >= 4 is 5.97 Å². The van der Waals surface area contributed by atoms with Crippen LogP contribution < -0.4 is 0 Å². The van der Waals surface area contributed by atoms with Gasteiger partial charge in [-0.1, -0.05) is 37.3 Å². The number of hydroxylamine groups is 2. The third-order valence-corrected chi connectivity index (χ3v) is 3.31. The summed E-state index contributed by atoms with van der Waals surface area (Å²) in [6.07, 6.45) is 3.56. The van der Waals surface area contributed by atoms with E-state index in [0.29, 0.717) is 12.3 Å². The first-order valence-corrected chi connectivity index (χ1v) is 6.73. The Morgan fingerprint density at radius 1 is 1.39 bits per heavy atom. The quantitative estimate of drug-likeness (QED) is 0.819. The summed E-state index contributed by atoms with van der Waals surface area (Å²) < 4.78 is 0. The van der Waals surface area contributed by atoms with Crippen molar-refractivity contribution < 1.29 is 9.63 Å². The average molecular weight is 247 g/mol. The highest BCUT2D eigenvalue weighted by molar-refractivity contribution is 5.69. The number of hydrogen-bond acceptors (Lipinski definition) is 3. The lowest BCUT2D eigenvalue weighted by Gasteiger charge is -2.29. The largest absolute Gasteiger partial charge is 0.368 e. The zero-order valence-corrected chi connectivity index (χ0v) is 11.0. The maximum atomic E-state index is 11.7. The third-order valence-electron chi connectivity index (χ3n) is 3.31. The molecule has 3 heteroatoms. The van der Waals surface area contributed by atoms with E-state index >= 15 is 0 Å². The fourth-order valence-corrected chi connectivity index (χ4v) is 2.31. The fraction of sp³-hybridized carbons (Fsp3) is 0.533. The molecule has 0 spiro atoms. The number of piperidine rings is 1. The maximum Gasteiger partial charge on any atom is 0.325 e. The first-order chi connectivity index (χ1) is 8.74. The van der Waals surface area contributed by atoms with Crippen molar-refractivity contribution in [2.75, 3.05) is 13.1 Å². The minimum atomic E-state index is -0.118. The fourth-order valence-electron chi connectivity index (χ4n) is 2.31. The van der Waals surface area contributed by atoms with Gasteiger partial charge in [0, 0.05) is 13.1 Å². The van der Waals surface area contributed by atoms with Crippen LogP contribution in [0.15, 0.2) is 30.3 Å². The number of carbonyl (C=O) groups is 1. The molecular formula is C15H21NO2.